The molecule has 154 valence electrons. The first kappa shape index (κ1) is 19.5. The van der Waals surface area contributed by atoms with Crippen LogP contribution in [-0.2, 0) is 4.74 Å². The van der Waals surface area contributed by atoms with Crippen molar-refractivity contribution in [3.63, 3.8) is 0 Å². The van der Waals surface area contributed by atoms with Gasteiger partial charge in [0.05, 0.1) is 6.10 Å². The third kappa shape index (κ3) is 3.71. The number of hydrogen-bond donors (Lipinski definition) is 2. The van der Waals surface area contributed by atoms with E-state index in [2.05, 4.69) is 36.3 Å². The maximum atomic E-state index is 13.6. The molecule has 5 nitrogen and oxygen atoms in total. The summed E-state index contributed by atoms with van der Waals surface area (Å²) in [5.41, 5.74) is 1.08. The van der Waals surface area contributed by atoms with E-state index < -0.39 is 0 Å². The number of benzene rings is 1. The molecule has 4 rings (SSSR count). The molecule has 2 N–H and O–H groups in total. The molecule has 0 radical (unpaired) electrons. The minimum Gasteiger partial charge on any atom is -0.377 e. The highest BCUT2D eigenvalue weighted by molar-refractivity contribution is 5.81. The van der Waals surface area contributed by atoms with E-state index in [1.54, 1.807) is 12.1 Å². The average molecular weight is 389 g/mol. The summed E-state index contributed by atoms with van der Waals surface area (Å²) in [5, 5.41) is 7.36. The maximum Gasteiger partial charge on any atom is 0.191 e. The fourth-order valence-electron chi connectivity index (χ4n) is 5.25. The van der Waals surface area contributed by atoms with Gasteiger partial charge in [-0.15, -0.1) is 0 Å². The average Bonchev–Trinajstić information content (AvgIpc) is 3.14. The molecule has 1 aromatic rings. The molecule has 1 saturated carbocycles. The summed E-state index contributed by atoms with van der Waals surface area (Å²) >= 11 is 0. The van der Waals surface area contributed by atoms with Crippen LogP contribution in [0.4, 0.5) is 10.1 Å². The van der Waals surface area contributed by atoms with Crippen molar-refractivity contribution in [3.8, 4) is 0 Å². The molecule has 3 aliphatic rings. The third-order valence-corrected chi connectivity index (χ3v) is 6.64. The van der Waals surface area contributed by atoms with Crippen LogP contribution in [0, 0.1) is 17.2 Å². The van der Waals surface area contributed by atoms with Crippen LogP contribution in [0.15, 0.2) is 29.3 Å². The molecular formula is C22H33FN4O. The van der Waals surface area contributed by atoms with Gasteiger partial charge in [0.2, 0.25) is 0 Å². The van der Waals surface area contributed by atoms with E-state index >= 15 is 0 Å². The molecule has 1 aliphatic carbocycles. The Morgan fingerprint density at radius 2 is 2.18 bits per heavy atom. The smallest absolute Gasteiger partial charge is 0.191 e. The molecule has 0 aromatic heterocycles. The predicted molar refractivity (Wildman–Crippen MR) is 111 cm³/mol. The summed E-state index contributed by atoms with van der Waals surface area (Å²) in [6.45, 7) is 10.1. The summed E-state index contributed by atoms with van der Waals surface area (Å²) < 4.78 is 19.5. The Balaban J connectivity index is 1.40. The van der Waals surface area contributed by atoms with Crippen LogP contribution in [0.3, 0.4) is 0 Å². The summed E-state index contributed by atoms with van der Waals surface area (Å²) in [7, 11) is 0. The molecule has 2 heterocycles. The van der Waals surface area contributed by atoms with Gasteiger partial charge in [-0.2, -0.15) is 0 Å². The minimum atomic E-state index is -0.178. The minimum absolute atomic E-state index is 0.123. The Morgan fingerprint density at radius 1 is 1.32 bits per heavy atom. The number of aliphatic imine (C=N–C) groups is 1. The van der Waals surface area contributed by atoms with Gasteiger partial charge < -0.3 is 20.3 Å². The Labute approximate surface area is 167 Å². The highest BCUT2D eigenvalue weighted by Crippen LogP contribution is 2.52. The fourth-order valence-corrected chi connectivity index (χ4v) is 5.25. The van der Waals surface area contributed by atoms with Gasteiger partial charge in [-0.3, -0.25) is 4.99 Å². The summed E-state index contributed by atoms with van der Waals surface area (Å²) in [6, 6.07) is 7.58. The Morgan fingerprint density at radius 3 is 2.96 bits per heavy atom. The molecule has 0 amide bonds. The molecule has 4 atom stereocenters. The maximum absolute atomic E-state index is 13.6. The molecule has 0 spiro atoms. The van der Waals surface area contributed by atoms with Crippen molar-refractivity contribution in [1.29, 1.82) is 0 Å². The molecule has 3 fully saturated rings. The van der Waals surface area contributed by atoms with Gasteiger partial charge in [0.1, 0.15) is 5.82 Å². The van der Waals surface area contributed by atoms with E-state index in [-0.39, 0.29) is 11.2 Å². The molecule has 0 bridgehead atoms. The van der Waals surface area contributed by atoms with Crippen LogP contribution in [0.1, 0.15) is 40.0 Å². The number of ether oxygens (including phenoxy) is 1. The highest BCUT2D eigenvalue weighted by atomic mass is 19.1. The van der Waals surface area contributed by atoms with Crippen molar-refractivity contribution in [1.82, 2.24) is 10.6 Å². The standard InChI is InChI=1S/C22H33FN4O/c1-4-24-21(26-19-18-10-12-28-20(18)22(19,2)3)25-16-8-6-11-27(14-16)17-9-5-7-15(23)13-17/h5,7,9,13,16,18-20H,4,6,8,10-12,14H2,1-3H3,(H2,24,25,26). The van der Waals surface area contributed by atoms with Gasteiger partial charge >= 0.3 is 0 Å². The third-order valence-electron chi connectivity index (χ3n) is 6.64. The molecule has 4 unspecified atom stereocenters. The summed E-state index contributed by atoms with van der Waals surface area (Å²) in [5.74, 6) is 1.30. The van der Waals surface area contributed by atoms with Crippen molar-refractivity contribution in [2.75, 3.05) is 31.1 Å². The molecule has 6 heteroatoms. The van der Waals surface area contributed by atoms with Gasteiger partial charge in [0.25, 0.3) is 0 Å². The van der Waals surface area contributed by atoms with Crippen molar-refractivity contribution in [3.05, 3.63) is 30.1 Å². The first-order valence-electron chi connectivity index (χ1n) is 10.7. The van der Waals surface area contributed by atoms with E-state index in [0.29, 0.717) is 24.1 Å². The largest absolute Gasteiger partial charge is 0.377 e. The number of nitrogens with one attached hydrogen (secondary N) is 2. The van der Waals surface area contributed by atoms with Gasteiger partial charge in [-0.05, 0) is 44.4 Å². The van der Waals surface area contributed by atoms with E-state index in [9.17, 15) is 4.39 Å². The number of halogens is 1. The summed E-state index contributed by atoms with van der Waals surface area (Å²) in [6.07, 6.45) is 3.67. The topological polar surface area (TPSA) is 48.9 Å². The lowest BCUT2D eigenvalue weighted by atomic mass is 9.57. The lowest BCUT2D eigenvalue weighted by molar-refractivity contribution is -0.106. The van der Waals surface area contributed by atoms with Crippen LogP contribution < -0.4 is 15.5 Å². The van der Waals surface area contributed by atoms with Crippen LogP contribution in [0.25, 0.3) is 0 Å². The number of nitrogens with zero attached hydrogens (tertiary/aromatic N) is 2. The lowest BCUT2D eigenvalue weighted by Gasteiger charge is -2.55. The van der Waals surface area contributed by atoms with E-state index in [1.807, 2.05) is 6.07 Å². The van der Waals surface area contributed by atoms with Crippen molar-refractivity contribution < 1.29 is 9.13 Å². The van der Waals surface area contributed by atoms with E-state index in [0.717, 1.165) is 57.2 Å². The van der Waals surface area contributed by atoms with Crippen molar-refractivity contribution in [2.45, 2.75) is 58.2 Å². The van der Waals surface area contributed by atoms with E-state index in [4.69, 9.17) is 9.73 Å². The number of piperidine rings is 1. The second-order valence-corrected chi connectivity index (χ2v) is 8.92. The second kappa shape index (κ2) is 7.90. The number of rotatable bonds is 4. The van der Waals surface area contributed by atoms with Crippen LogP contribution in [0.5, 0.6) is 0 Å². The summed E-state index contributed by atoms with van der Waals surface area (Å²) in [4.78, 5) is 6.97. The van der Waals surface area contributed by atoms with Gasteiger partial charge in [-0.25, -0.2) is 4.39 Å². The zero-order valence-corrected chi connectivity index (χ0v) is 17.2. The van der Waals surface area contributed by atoms with Crippen LogP contribution >= 0.6 is 0 Å². The van der Waals surface area contributed by atoms with Crippen LogP contribution in [0.2, 0.25) is 0 Å². The Bertz CT molecular complexity index is 722. The second-order valence-electron chi connectivity index (χ2n) is 8.92. The van der Waals surface area contributed by atoms with Gasteiger partial charge in [0.15, 0.2) is 5.96 Å². The van der Waals surface area contributed by atoms with E-state index in [1.165, 1.54) is 6.07 Å². The highest BCUT2D eigenvalue weighted by Gasteiger charge is 2.59. The quantitative estimate of drug-likeness (QED) is 0.615. The van der Waals surface area contributed by atoms with Gasteiger partial charge in [0, 0.05) is 55.3 Å². The number of guanidine groups is 1. The first-order valence-corrected chi connectivity index (χ1v) is 10.7. The molecule has 2 aliphatic heterocycles. The fraction of sp³-hybridized carbons (Fsp3) is 0.682. The molecule has 1 aromatic carbocycles. The number of anilines is 1. The monoisotopic (exact) mass is 388 g/mol. The zero-order chi connectivity index (χ0) is 19.7. The van der Waals surface area contributed by atoms with Crippen LogP contribution in [-0.4, -0.2) is 50.4 Å². The van der Waals surface area contributed by atoms with Crippen molar-refractivity contribution in [2.24, 2.45) is 16.3 Å². The molecule has 28 heavy (non-hydrogen) atoms. The number of hydrogen-bond acceptors (Lipinski definition) is 3. The lowest BCUT2D eigenvalue weighted by Crippen LogP contribution is -2.68. The Hall–Kier alpha value is -1.82. The Kier molecular flexibility index (Phi) is 5.50. The van der Waals surface area contributed by atoms with Gasteiger partial charge in [-0.1, -0.05) is 19.9 Å². The molecule has 2 saturated heterocycles. The zero-order valence-electron chi connectivity index (χ0n) is 17.2. The number of fused-ring (bicyclic) bond motifs is 1. The first-order chi connectivity index (χ1) is 13.5. The normalized spacial score (nSPS) is 31.9. The molecular weight excluding hydrogens is 355 g/mol. The predicted octanol–water partition coefficient (Wildman–Crippen LogP) is 3.16. The van der Waals surface area contributed by atoms with Crippen molar-refractivity contribution >= 4 is 11.6 Å². The SMILES string of the molecule is CCN=C(NC1CCCN(c2cccc(F)c2)C1)NC1C2CCOC2C1(C)C.